The number of piperazine rings is 1. The predicted octanol–water partition coefficient (Wildman–Crippen LogP) is 2.38. The minimum Gasteiger partial charge on any atom is -0.353 e. The molecule has 0 N–H and O–H groups in total. The fraction of sp³-hybridized carbons (Fsp3) is 0.400. The van der Waals surface area contributed by atoms with E-state index in [1.54, 1.807) is 6.92 Å². The summed E-state index contributed by atoms with van der Waals surface area (Å²) in [6, 6.07) is 5.98. The van der Waals surface area contributed by atoms with Crippen molar-refractivity contribution >= 4 is 28.1 Å². The molecule has 110 valence electrons. The van der Waals surface area contributed by atoms with Crippen molar-refractivity contribution in [2.75, 3.05) is 36.0 Å². The zero-order chi connectivity index (χ0) is 14.8. The van der Waals surface area contributed by atoms with Crippen molar-refractivity contribution in [3.05, 3.63) is 35.0 Å². The Morgan fingerprint density at radius 1 is 1.19 bits per heavy atom. The number of hydrogen-bond acceptors (Lipinski definition) is 6. The average molecular weight is 302 g/mol. The Hall–Kier alpha value is -1.95. The normalized spacial score (nSPS) is 15.3. The maximum absolute atomic E-state index is 11.5. The Morgan fingerprint density at radius 2 is 1.90 bits per heavy atom. The minimum atomic E-state index is 0.100. The van der Waals surface area contributed by atoms with Gasteiger partial charge in [0.05, 0.1) is 10.6 Å². The van der Waals surface area contributed by atoms with Gasteiger partial charge >= 0.3 is 0 Å². The molecule has 3 rings (SSSR count). The number of ketones is 1. The summed E-state index contributed by atoms with van der Waals surface area (Å²) in [6.07, 6.45) is 1.82. The van der Waals surface area contributed by atoms with E-state index in [4.69, 9.17) is 0 Å². The number of carbonyl (C=O) groups excluding carboxylic acids is 1. The topological polar surface area (TPSA) is 49.3 Å². The third-order valence-corrected chi connectivity index (χ3v) is 4.95. The van der Waals surface area contributed by atoms with E-state index in [1.807, 2.05) is 31.3 Å². The molecule has 3 heterocycles. The van der Waals surface area contributed by atoms with Gasteiger partial charge in [0.15, 0.2) is 10.9 Å². The Labute approximate surface area is 128 Å². The maximum atomic E-state index is 11.5. The van der Waals surface area contributed by atoms with E-state index in [-0.39, 0.29) is 5.78 Å². The summed E-state index contributed by atoms with van der Waals surface area (Å²) in [7, 11) is 0. The number of thiazole rings is 1. The molecule has 0 radical (unpaired) electrons. The number of pyridine rings is 1. The first-order valence-corrected chi connectivity index (χ1v) is 7.86. The molecular formula is C15H18N4OS. The van der Waals surface area contributed by atoms with Crippen LogP contribution in [0, 0.1) is 6.92 Å². The first kappa shape index (κ1) is 14.0. The molecule has 6 heteroatoms. The molecular weight excluding hydrogens is 284 g/mol. The monoisotopic (exact) mass is 302 g/mol. The minimum absolute atomic E-state index is 0.100. The third-order valence-electron chi connectivity index (χ3n) is 3.63. The predicted molar refractivity (Wildman–Crippen MR) is 85.5 cm³/mol. The summed E-state index contributed by atoms with van der Waals surface area (Å²) in [5, 5.41) is 0.957. The van der Waals surface area contributed by atoms with E-state index in [2.05, 4.69) is 19.8 Å². The highest BCUT2D eigenvalue weighted by Crippen LogP contribution is 2.27. The second-order valence-electron chi connectivity index (χ2n) is 5.13. The van der Waals surface area contributed by atoms with Crippen LogP contribution < -0.4 is 9.80 Å². The van der Waals surface area contributed by atoms with E-state index >= 15 is 0 Å². The van der Waals surface area contributed by atoms with E-state index in [0.29, 0.717) is 0 Å². The smallest absolute Gasteiger partial charge is 0.186 e. The Bertz CT molecular complexity index is 632. The molecule has 21 heavy (non-hydrogen) atoms. The number of aryl methyl sites for hydroxylation is 1. The highest BCUT2D eigenvalue weighted by atomic mass is 32.1. The molecule has 2 aromatic heterocycles. The van der Waals surface area contributed by atoms with Gasteiger partial charge in [0.1, 0.15) is 5.82 Å². The Kier molecular flexibility index (Phi) is 3.88. The summed E-state index contributed by atoms with van der Waals surface area (Å²) in [5.41, 5.74) is 0.842. The molecule has 0 spiro atoms. The van der Waals surface area contributed by atoms with Crippen molar-refractivity contribution in [1.29, 1.82) is 0 Å². The lowest BCUT2D eigenvalue weighted by atomic mass is 10.3. The van der Waals surface area contributed by atoms with Crippen LogP contribution in [0.5, 0.6) is 0 Å². The fourth-order valence-electron chi connectivity index (χ4n) is 2.51. The molecule has 5 nitrogen and oxygen atoms in total. The van der Waals surface area contributed by atoms with Crippen molar-refractivity contribution in [2.24, 2.45) is 0 Å². The van der Waals surface area contributed by atoms with Crippen molar-refractivity contribution in [3.63, 3.8) is 0 Å². The van der Waals surface area contributed by atoms with Crippen LogP contribution in [0.15, 0.2) is 24.4 Å². The lowest BCUT2D eigenvalue weighted by Crippen LogP contribution is -2.46. The zero-order valence-electron chi connectivity index (χ0n) is 12.2. The van der Waals surface area contributed by atoms with Gasteiger partial charge in [-0.2, -0.15) is 0 Å². The summed E-state index contributed by atoms with van der Waals surface area (Å²) < 4.78 is 0. The van der Waals surface area contributed by atoms with Crippen LogP contribution in [-0.4, -0.2) is 41.9 Å². The third kappa shape index (κ3) is 2.90. The van der Waals surface area contributed by atoms with Gasteiger partial charge in [0.25, 0.3) is 0 Å². The van der Waals surface area contributed by atoms with Crippen LogP contribution in [0.1, 0.15) is 22.3 Å². The molecule has 0 unspecified atom stereocenters. The fourth-order valence-corrected chi connectivity index (χ4v) is 3.53. The van der Waals surface area contributed by atoms with E-state index in [9.17, 15) is 4.79 Å². The highest BCUT2D eigenvalue weighted by Gasteiger charge is 2.22. The standard InChI is InChI=1S/C15H18N4OS/c1-11-14(12(2)20)21-15(17-11)19-9-7-18(8-10-19)13-5-3-4-6-16-13/h3-6H,7-10H2,1-2H3. The number of nitrogens with zero attached hydrogens (tertiary/aromatic N) is 4. The quantitative estimate of drug-likeness (QED) is 0.815. The molecule has 1 fully saturated rings. The molecule has 0 saturated carbocycles. The van der Waals surface area contributed by atoms with Gasteiger partial charge in [0, 0.05) is 39.3 Å². The van der Waals surface area contributed by atoms with Crippen LogP contribution in [0.2, 0.25) is 0 Å². The molecule has 0 aromatic carbocycles. The molecule has 0 bridgehead atoms. The molecule has 0 atom stereocenters. The van der Waals surface area contributed by atoms with Crippen LogP contribution in [0.25, 0.3) is 0 Å². The maximum Gasteiger partial charge on any atom is 0.186 e. The number of rotatable bonds is 3. The summed E-state index contributed by atoms with van der Waals surface area (Å²) in [6.45, 7) is 7.15. The molecule has 0 aliphatic carbocycles. The molecule has 1 saturated heterocycles. The lowest BCUT2D eigenvalue weighted by Gasteiger charge is -2.35. The van der Waals surface area contributed by atoms with Crippen LogP contribution in [0.4, 0.5) is 10.9 Å². The van der Waals surface area contributed by atoms with Crippen molar-refractivity contribution in [1.82, 2.24) is 9.97 Å². The summed E-state index contributed by atoms with van der Waals surface area (Å²) in [5.74, 6) is 1.13. The highest BCUT2D eigenvalue weighted by molar-refractivity contribution is 7.17. The average Bonchev–Trinajstić information content (AvgIpc) is 2.90. The number of Topliss-reactive ketones (excluding diaryl/α,β-unsaturated/α-hetero) is 1. The van der Waals surface area contributed by atoms with Gasteiger partial charge in [0.2, 0.25) is 0 Å². The lowest BCUT2D eigenvalue weighted by molar-refractivity contribution is 0.102. The summed E-state index contributed by atoms with van der Waals surface area (Å²) >= 11 is 1.50. The summed E-state index contributed by atoms with van der Waals surface area (Å²) in [4.78, 5) is 25.8. The molecule has 1 aliphatic rings. The van der Waals surface area contributed by atoms with Gasteiger partial charge in [-0.1, -0.05) is 17.4 Å². The zero-order valence-corrected chi connectivity index (χ0v) is 13.1. The van der Waals surface area contributed by atoms with Gasteiger partial charge in [-0.15, -0.1) is 0 Å². The van der Waals surface area contributed by atoms with Crippen LogP contribution in [-0.2, 0) is 0 Å². The van der Waals surface area contributed by atoms with Crippen LogP contribution >= 0.6 is 11.3 Å². The number of aromatic nitrogens is 2. The SMILES string of the molecule is CC(=O)c1sc(N2CCN(c3ccccn3)CC2)nc1C. The number of carbonyl (C=O) groups is 1. The van der Waals surface area contributed by atoms with Gasteiger partial charge in [-0.05, 0) is 19.1 Å². The van der Waals surface area contributed by atoms with E-state index in [1.165, 1.54) is 11.3 Å². The van der Waals surface area contributed by atoms with Gasteiger partial charge in [-0.3, -0.25) is 4.79 Å². The number of hydrogen-bond donors (Lipinski definition) is 0. The Balaban J connectivity index is 1.68. The second-order valence-corrected chi connectivity index (χ2v) is 6.11. The number of anilines is 2. The van der Waals surface area contributed by atoms with Gasteiger partial charge < -0.3 is 9.80 Å². The second kappa shape index (κ2) is 5.81. The van der Waals surface area contributed by atoms with Gasteiger partial charge in [-0.25, -0.2) is 9.97 Å². The molecule has 1 aliphatic heterocycles. The van der Waals surface area contributed by atoms with Crippen molar-refractivity contribution in [3.8, 4) is 0 Å². The first-order valence-electron chi connectivity index (χ1n) is 7.04. The molecule has 2 aromatic rings. The van der Waals surface area contributed by atoms with Crippen molar-refractivity contribution in [2.45, 2.75) is 13.8 Å². The van der Waals surface area contributed by atoms with E-state index < -0.39 is 0 Å². The first-order chi connectivity index (χ1) is 10.1. The van der Waals surface area contributed by atoms with Crippen LogP contribution in [0.3, 0.4) is 0 Å². The van der Waals surface area contributed by atoms with Crippen molar-refractivity contribution < 1.29 is 4.79 Å². The van der Waals surface area contributed by atoms with E-state index in [0.717, 1.165) is 47.7 Å². The Morgan fingerprint density at radius 3 is 2.48 bits per heavy atom. The molecule has 0 amide bonds. The largest absolute Gasteiger partial charge is 0.353 e.